The molecule has 0 saturated heterocycles. The van der Waals surface area contributed by atoms with Gasteiger partial charge < -0.3 is 9.88 Å². The zero-order valence-corrected chi connectivity index (χ0v) is 15.4. The van der Waals surface area contributed by atoms with Crippen molar-refractivity contribution in [2.75, 3.05) is 7.05 Å². The van der Waals surface area contributed by atoms with Crippen molar-refractivity contribution < 1.29 is 9.59 Å². The predicted molar refractivity (Wildman–Crippen MR) is 101 cm³/mol. The zero-order valence-electron chi connectivity index (χ0n) is 15.4. The Morgan fingerprint density at radius 3 is 2.58 bits per heavy atom. The van der Waals surface area contributed by atoms with E-state index < -0.39 is 5.91 Å². The van der Waals surface area contributed by atoms with Crippen LogP contribution in [0.1, 0.15) is 64.1 Å². The Bertz CT molecular complexity index is 910. The van der Waals surface area contributed by atoms with E-state index in [2.05, 4.69) is 5.32 Å². The van der Waals surface area contributed by atoms with Crippen molar-refractivity contribution in [3.8, 4) is 0 Å². The average molecular weight is 352 g/mol. The molecule has 1 N–H and O–H groups in total. The molecule has 1 saturated carbocycles. The van der Waals surface area contributed by atoms with E-state index in [1.807, 2.05) is 38.1 Å². The fourth-order valence-corrected chi connectivity index (χ4v) is 3.25. The summed E-state index contributed by atoms with van der Waals surface area (Å²) >= 11 is 0. The Morgan fingerprint density at radius 1 is 1.27 bits per heavy atom. The molecule has 1 aliphatic carbocycles. The molecular formula is C21H24N2O3. The van der Waals surface area contributed by atoms with Crippen LogP contribution in [0.4, 0.5) is 0 Å². The lowest BCUT2D eigenvalue weighted by Crippen LogP contribution is -2.34. The summed E-state index contributed by atoms with van der Waals surface area (Å²) < 4.78 is 1.51. The summed E-state index contributed by atoms with van der Waals surface area (Å²) in [7, 11) is 1.48. The van der Waals surface area contributed by atoms with E-state index in [0.29, 0.717) is 17.9 Å². The summed E-state index contributed by atoms with van der Waals surface area (Å²) in [5.74, 6) is -0.0367. The lowest BCUT2D eigenvalue weighted by atomic mass is 10.0. The fraction of sp³-hybridized carbons (Fsp3) is 0.381. The van der Waals surface area contributed by atoms with Crippen LogP contribution in [0.25, 0.3) is 0 Å². The second kappa shape index (κ2) is 7.28. The number of amides is 1. The van der Waals surface area contributed by atoms with Crippen LogP contribution >= 0.6 is 0 Å². The number of benzene rings is 1. The number of nitrogens with one attached hydrogen (secondary N) is 1. The van der Waals surface area contributed by atoms with Crippen LogP contribution in [-0.4, -0.2) is 23.3 Å². The molecule has 0 unspecified atom stereocenters. The standard InChI is InChI=1S/C21H24N2O3/c1-13-6-4-5-7-17(13)14(2)23-12-16(19(24)10-15-8-9-15)11-18(21(23)26)20(25)22-3/h4-7,11-12,14-15H,8-10H2,1-3H3,(H,22,25)/t14-/m0/s1. The number of ketones is 1. The Labute approximate surface area is 153 Å². The number of carbonyl (C=O) groups is 2. The van der Waals surface area contributed by atoms with Crippen molar-refractivity contribution in [2.24, 2.45) is 5.92 Å². The summed E-state index contributed by atoms with van der Waals surface area (Å²) in [6.45, 7) is 3.89. The topological polar surface area (TPSA) is 68.2 Å². The molecule has 1 amide bonds. The van der Waals surface area contributed by atoms with Crippen molar-refractivity contribution in [1.82, 2.24) is 9.88 Å². The Balaban J connectivity index is 2.10. The van der Waals surface area contributed by atoms with Crippen molar-refractivity contribution in [1.29, 1.82) is 0 Å². The van der Waals surface area contributed by atoms with Gasteiger partial charge in [-0.15, -0.1) is 0 Å². The number of carbonyl (C=O) groups excluding carboxylic acids is 2. The van der Waals surface area contributed by atoms with Gasteiger partial charge in [0.2, 0.25) is 0 Å². The highest BCUT2D eigenvalue weighted by atomic mass is 16.2. The van der Waals surface area contributed by atoms with Crippen LogP contribution in [0.5, 0.6) is 0 Å². The summed E-state index contributed by atoms with van der Waals surface area (Å²) in [5.41, 5.74) is 2.10. The van der Waals surface area contributed by atoms with Gasteiger partial charge in [-0.05, 0) is 49.8 Å². The molecule has 3 rings (SSSR count). The molecule has 26 heavy (non-hydrogen) atoms. The first-order valence-electron chi connectivity index (χ1n) is 8.99. The third-order valence-corrected chi connectivity index (χ3v) is 5.06. The van der Waals surface area contributed by atoms with E-state index in [1.165, 1.54) is 17.7 Å². The minimum absolute atomic E-state index is 0.00887. The van der Waals surface area contributed by atoms with Crippen molar-refractivity contribution in [2.45, 2.75) is 39.2 Å². The molecule has 1 heterocycles. The first kappa shape index (κ1) is 18.1. The molecule has 2 aromatic rings. The Morgan fingerprint density at radius 2 is 1.96 bits per heavy atom. The minimum atomic E-state index is -0.471. The van der Waals surface area contributed by atoms with E-state index >= 15 is 0 Å². The highest BCUT2D eigenvalue weighted by Gasteiger charge is 2.27. The van der Waals surface area contributed by atoms with Crippen molar-refractivity contribution in [3.63, 3.8) is 0 Å². The van der Waals surface area contributed by atoms with E-state index in [1.54, 1.807) is 6.20 Å². The second-order valence-electron chi connectivity index (χ2n) is 7.04. The molecule has 0 bridgehead atoms. The van der Waals surface area contributed by atoms with Gasteiger partial charge in [-0.3, -0.25) is 14.4 Å². The number of rotatable bonds is 6. The highest BCUT2D eigenvalue weighted by molar-refractivity contribution is 6.00. The number of aryl methyl sites for hydroxylation is 1. The fourth-order valence-electron chi connectivity index (χ4n) is 3.25. The molecule has 136 valence electrons. The van der Waals surface area contributed by atoms with E-state index in [4.69, 9.17) is 0 Å². The molecule has 1 aromatic heterocycles. The van der Waals surface area contributed by atoms with Crippen LogP contribution in [0.15, 0.2) is 41.3 Å². The zero-order chi connectivity index (χ0) is 18.8. The molecule has 1 atom stereocenters. The average Bonchev–Trinajstić information content (AvgIpc) is 3.45. The lowest BCUT2D eigenvalue weighted by molar-refractivity contribution is 0.0961. The normalized spacial score (nSPS) is 14.7. The second-order valence-corrected chi connectivity index (χ2v) is 7.04. The number of Topliss-reactive ketones (excluding diaryl/α,β-unsaturated/α-hetero) is 1. The van der Waals surface area contributed by atoms with Gasteiger partial charge in [0, 0.05) is 25.2 Å². The third kappa shape index (κ3) is 3.62. The molecule has 0 aliphatic heterocycles. The van der Waals surface area contributed by atoms with Gasteiger partial charge in [-0.25, -0.2) is 0 Å². The van der Waals surface area contributed by atoms with Crippen LogP contribution in [0.2, 0.25) is 0 Å². The summed E-state index contributed by atoms with van der Waals surface area (Å²) in [4.78, 5) is 37.7. The molecule has 1 fully saturated rings. The van der Waals surface area contributed by atoms with Crippen LogP contribution in [-0.2, 0) is 0 Å². The van der Waals surface area contributed by atoms with Gasteiger partial charge in [0.15, 0.2) is 5.78 Å². The number of hydrogen-bond acceptors (Lipinski definition) is 3. The van der Waals surface area contributed by atoms with Gasteiger partial charge in [-0.2, -0.15) is 0 Å². The Hall–Kier alpha value is -2.69. The van der Waals surface area contributed by atoms with Gasteiger partial charge in [-0.1, -0.05) is 24.3 Å². The number of nitrogens with zero attached hydrogens (tertiary/aromatic N) is 1. The molecular weight excluding hydrogens is 328 g/mol. The molecule has 0 spiro atoms. The Kier molecular flexibility index (Phi) is 5.07. The van der Waals surface area contributed by atoms with E-state index in [-0.39, 0.29) is 22.9 Å². The van der Waals surface area contributed by atoms with Crippen molar-refractivity contribution >= 4 is 11.7 Å². The number of pyridine rings is 1. The largest absolute Gasteiger partial charge is 0.355 e. The SMILES string of the molecule is CNC(=O)c1cc(C(=O)CC2CC2)cn([C@@H](C)c2ccccc2C)c1=O. The smallest absolute Gasteiger partial charge is 0.263 e. The molecule has 1 aliphatic rings. The van der Waals surface area contributed by atoms with Crippen LogP contribution in [0, 0.1) is 12.8 Å². The van der Waals surface area contributed by atoms with Crippen molar-refractivity contribution in [3.05, 3.63) is 69.1 Å². The molecule has 1 aromatic carbocycles. The summed E-state index contributed by atoms with van der Waals surface area (Å²) in [6, 6.07) is 8.97. The number of hydrogen-bond donors (Lipinski definition) is 1. The maximum atomic E-state index is 12.9. The maximum Gasteiger partial charge on any atom is 0.263 e. The van der Waals surface area contributed by atoms with Gasteiger partial charge in [0.1, 0.15) is 5.56 Å². The first-order chi connectivity index (χ1) is 12.4. The monoisotopic (exact) mass is 352 g/mol. The minimum Gasteiger partial charge on any atom is -0.355 e. The summed E-state index contributed by atoms with van der Waals surface area (Å²) in [5, 5.41) is 2.50. The molecule has 5 nitrogen and oxygen atoms in total. The molecule has 0 radical (unpaired) electrons. The molecule has 5 heteroatoms. The van der Waals surface area contributed by atoms with E-state index in [0.717, 1.165) is 24.0 Å². The third-order valence-electron chi connectivity index (χ3n) is 5.06. The summed E-state index contributed by atoms with van der Waals surface area (Å²) in [6.07, 6.45) is 4.24. The first-order valence-corrected chi connectivity index (χ1v) is 8.99. The quantitative estimate of drug-likeness (QED) is 0.812. The van der Waals surface area contributed by atoms with Crippen LogP contribution in [0.3, 0.4) is 0 Å². The lowest BCUT2D eigenvalue weighted by Gasteiger charge is -2.19. The van der Waals surface area contributed by atoms with Crippen LogP contribution < -0.4 is 10.9 Å². The van der Waals surface area contributed by atoms with E-state index in [9.17, 15) is 14.4 Å². The maximum absolute atomic E-state index is 12.9. The van der Waals surface area contributed by atoms with Gasteiger partial charge >= 0.3 is 0 Å². The highest BCUT2D eigenvalue weighted by Crippen LogP contribution is 2.33. The number of aromatic nitrogens is 1. The van der Waals surface area contributed by atoms with Gasteiger partial charge in [0.05, 0.1) is 6.04 Å². The van der Waals surface area contributed by atoms with Gasteiger partial charge in [0.25, 0.3) is 11.5 Å². The predicted octanol–water partition coefficient (Wildman–Crippen LogP) is 3.11.